The quantitative estimate of drug-likeness (QED) is 0.351. The normalized spacial score (nSPS) is 14.8. The maximum atomic E-state index is 13.6. The molecular formula is C28H24ClN3O5S. The van der Waals surface area contributed by atoms with E-state index in [4.69, 9.17) is 21.1 Å². The number of pyridine rings is 1. The molecule has 4 aromatic rings. The van der Waals surface area contributed by atoms with Gasteiger partial charge in [0.25, 0.3) is 15.9 Å². The summed E-state index contributed by atoms with van der Waals surface area (Å²) < 4.78 is 39.5. The first-order valence-electron chi connectivity index (χ1n) is 11.8. The van der Waals surface area contributed by atoms with Crippen molar-refractivity contribution in [2.75, 3.05) is 23.3 Å². The van der Waals surface area contributed by atoms with E-state index in [1.165, 1.54) is 25.3 Å². The van der Waals surface area contributed by atoms with Crippen LogP contribution in [0.4, 0.5) is 11.4 Å². The van der Waals surface area contributed by atoms with E-state index in [0.29, 0.717) is 16.5 Å². The number of fused-ring (bicyclic) bond motifs is 1. The fourth-order valence-electron chi connectivity index (χ4n) is 4.13. The van der Waals surface area contributed by atoms with Crippen LogP contribution >= 0.6 is 11.6 Å². The second-order valence-corrected chi connectivity index (χ2v) is 10.9. The van der Waals surface area contributed by atoms with E-state index >= 15 is 0 Å². The van der Waals surface area contributed by atoms with Crippen molar-refractivity contribution in [1.29, 1.82) is 0 Å². The van der Waals surface area contributed by atoms with Crippen LogP contribution in [0.2, 0.25) is 5.02 Å². The highest BCUT2D eigenvalue weighted by Gasteiger charge is 2.38. The number of carbonyl (C=O) groups is 1. The van der Waals surface area contributed by atoms with Gasteiger partial charge in [-0.25, -0.2) is 8.42 Å². The number of benzene rings is 3. The van der Waals surface area contributed by atoms with Crippen LogP contribution in [-0.2, 0) is 21.2 Å². The van der Waals surface area contributed by atoms with Gasteiger partial charge in [-0.05, 0) is 84.3 Å². The average Bonchev–Trinajstić information content (AvgIpc) is 2.94. The minimum absolute atomic E-state index is 0.0510. The van der Waals surface area contributed by atoms with Gasteiger partial charge in [0.05, 0.1) is 24.2 Å². The summed E-state index contributed by atoms with van der Waals surface area (Å²) in [5, 5.41) is 3.18. The third kappa shape index (κ3) is 5.44. The fourth-order valence-corrected chi connectivity index (χ4v) is 5.76. The van der Waals surface area contributed by atoms with Crippen LogP contribution in [-0.4, -0.2) is 39.1 Å². The van der Waals surface area contributed by atoms with E-state index in [1.54, 1.807) is 48.8 Å². The van der Waals surface area contributed by atoms with Crippen molar-refractivity contribution in [2.24, 2.45) is 0 Å². The van der Waals surface area contributed by atoms with E-state index in [9.17, 15) is 13.2 Å². The molecule has 1 atom stereocenters. The number of anilines is 2. The molecule has 0 radical (unpaired) electrons. The molecule has 1 N–H and O–H groups in total. The standard InChI is InChI=1S/C28H24ClN3O5S/c1-36-23-7-9-24(10-8-23)38(34,35)32-18-27(37-26-11-4-21(29)17-25(26)32)28(33)31-22-5-2-19(3-6-22)16-20-12-14-30-15-13-20/h2-15,17,27H,16,18H2,1H3,(H,31,33). The number of halogens is 1. The van der Waals surface area contributed by atoms with Crippen LogP contribution in [0.25, 0.3) is 0 Å². The molecule has 1 aliphatic heterocycles. The monoisotopic (exact) mass is 549 g/mol. The molecule has 1 aliphatic rings. The summed E-state index contributed by atoms with van der Waals surface area (Å²) in [6, 6.07) is 22.0. The maximum Gasteiger partial charge on any atom is 0.267 e. The van der Waals surface area contributed by atoms with Crippen LogP contribution in [0.1, 0.15) is 11.1 Å². The molecule has 0 saturated carbocycles. The summed E-state index contributed by atoms with van der Waals surface area (Å²) in [6.45, 7) is -0.229. The first-order valence-corrected chi connectivity index (χ1v) is 13.6. The molecule has 3 aromatic carbocycles. The lowest BCUT2D eigenvalue weighted by molar-refractivity contribution is -0.122. The largest absolute Gasteiger partial charge is 0.497 e. The smallest absolute Gasteiger partial charge is 0.267 e. The van der Waals surface area contributed by atoms with E-state index in [2.05, 4.69) is 10.3 Å². The van der Waals surface area contributed by atoms with Gasteiger partial charge >= 0.3 is 0 Å². The lowest BCUT2D eigenvalue weighted by Gasteiger charge is -2.34. The molecule has 0 fully saturated rings. The molecule has 0 bridgehead atoms. The third-order valence-electron chi connectivity index (χ3n) is 6.11. The van der Waals surface area contributed by atoms with Gasteiger partial charge in [0, 0.05) is 23.1 Å². The topological polar surface area (TPSA) is 97.8 Å². The number of amides is 1. The first kappa shape index (κ1) is 25.6. The molecule has 2 heterocycles. The van der Waals surface area contributed by atoms with Crippen LogP contribution in [0.5, 0.6) is 11.5 Å². The summed E-state index contributed by atoms with van der Waals surface area (Å²) in [6.07, 6.45) is 3.14. The Morgan fingerprint density at radius 3 is 2.39 bits per heavy atom. The van der Waals surface area contributed by atoms with Crippen molar-refractivity contribution in [1.82, 2.24) is 4.98 Å². The Morgan fingerprint density at radius 1 is 1.03 bits per heavy atom. The zero-order chi connectivity index (χ0) is 26.7. The van der Waals surface area contributed by atoms with Crippen LogP contribution in [0.15, 0.2) is 96.2 Å². The number of ether oxygens (including phenoxy) is 2. The van der Waals surface area contributed by atoms with E-state index in [-0.39, 0.29) is 22.9 Å². The van der Waals surface area contributed by atoms with Gasteiger partial charge < -0.3 is 14.8 Å². The zero-order valence-electron chi connectivity index (χ0n) is 20.4. The Balaban J connectivity index is 1.36. The Hall–Kier alpha value is -4.08. The lowest BCUT2D eigenvalue weighted by Crippen LogP contribution is -2.48. The zero-order valence-corrected chi connectivity index (χ0v) is 21.9. The Labute approximate surface area is 225 Å². The Kier molecular flexibility index (Phi) is 7.22. The molecule has 8 nitrogen and oxygen atoms in total. The maximum absolute atomic E-state index is 13.6. The minimum atomic E-state index is -4.04. The Bertz CT molecular complexity index is 1550. The number of sulfonamides is 1. The average molecular weight is 550 g/mol. The molecule has 1 aromatic heterocycles. The summed E-state index contributed by atoms with van der Waals surface area (Å²) in [7, 11) is -2.54. The highest BCUT2D eigenvalue weighted by molar-refractivity contribution is 7.92. The summed E-state index contributed by atoms with van der Waals surface area (Å²) in [4.78, 5) is 17.3. The molecule has 0 spiro atoms. The minimum Gasteiger partial charge on any atom is -0.497 e. The van der Waals surface area contributed by atoms with Crippen molar-refractivity contribution in [3.63, 3.8) is 0 Å². The highest BCUT2D eigenvalue weighted by Crippen LogP contribution is 2.39. The van der Waals surface area contributed by atoms with Crippen LogP contribution in [0, 0.1) is 0 Å². The third-order valence-corrected chi connectivity index (χ3v) is 8.14. The molecule has 1 unspecified atom stereocenters. The van der Waals surface area contributed by atoms with Gasteiger partial charge in [0.2, 0.25) is 0 Å². The summed E-state index contributed by atoms with van der Waals surface area (Å²) in [5.74, 6) is 0.298. The van der Waals surface area contributed by atoms with Gasteiger partial charge in [-0.15, -0.1) is 0 Å². The number of carbonyl (C=O) groups excluding carboxylic acids is 1. The van der Waals surface area contributed by atoms with Crippen molar-refractivity contribution in [2.45, 2.75) is 17.4 Å². The van der Waals surface area contributed by atoms with Gasteiger partial charge in [0.15, 0.2) is 6.10 Å². The van der Waals surface area contributed by atoms with E-state index in [0.717, 1.165) is 21.9 Å². The lowest BCUT2D eigenvalue weighted by atomic mass is 10.1. The molecule has 1 amide bonds. The predicted molar refractivity (Wildman–Crippen MR) is 146 cm³/mol. The molecule has 0 aliphatic carbocycles. The SMILES string of the molecule is COc1ccc(S(=O)(=O)N2CC(C(=O)Nc3ccc(Cc4ccncc4)cc3)Oc3ccc(Cl)cc32)cc1. The van der Waals surface area contributed by atoms with Gasteiger partial charge in [0.1, 0.15) is 11.5 Å². The molecular weight excluding hydrogens is 526 g/mol. The number of aromatic nitrogens is 1. The second kappa shape index (κ2) is 10.7. The number of hydrogen-bond donors (Lipinski definition) is 1. The van der Waals surface area contributed by atoms with Gasteiger partial charge in [-0.1, -0.05) is 23.7 Å². The van der Waals surface area contributed by atoms with E-state index < -0.39 is 22.0 Å². The van der Waals surface area contributed by atoms with Crippen molar-refractivity contribution in [3.8, 4) is 11.5 Å². The van der Waals surface area contributed by atoms with E-state index in [1.807, 2.05) is 24.3 Å². The first-order chi connectivity index (χ1) is 18.3. The second-order valence-electron chi connectivity index (χ2n) is 8.65. The van der Waals surface area contributed by atoms with Gasteiger partial charge in [-0.3, -0.25) is 14.1 Å². The number of methoxy groups -OCH3 is 1. The molecule has 5 rings (SSSR count). The summed E-state index contributed by atoms with van der Waals surface area (Å²) >= 11 is 6.17. The number of rotatable bonds is 7. The van der Waals surface area contributed by atoms with Crippen LogP contribution in [0.3, 0.4) is 0 Å². The van der Waals surface area contributed by atoms with Crippen molar-refractivity contribution in [3.05, 3.63) is 107 Å². The molecule has 0 saturated heterocycles. The summed E-state index contributed by atoms with van der Waals surface area (Å²) in [5.41, 5.74) is 3.04. The highest BCUT2D eigenvalue weighted by atomic mass is 35.5. The predicted octanol–water partition coefficient (Wildman–Crippen LogP) is 4.93. The van der Waals surface area contributed by atoms with Gasteiger partial charge in [-0.2, -0.15) is 0 Å². The Morgan fingerprint density at radius 2 is 1.71 bits per heavy atom. The number of nitrogens with one attached hydrogen (secondary N) is 1. The molecule has 38 heavy (non-hydrogen) atoms. The number of nitrogens with zero attached hydrogens (tertiary/aromatic N) is 2. The fraction of sp³-hybridized carbons (Fsp3) is 0.143. The number of hydrogen-bond acceptors (Lipinski definition) is 6. The molecule has 10 heteroatoms. The van der Waals surface area contributed by atoms with Crippen molar-refractivity contribution < 1.29 is 22.7 Å². The van der Waals surface area contributed by atoms with Crippen LogP contribution < -0.4 is 19.1 Å². The molecule has 194 valence electrons. The van der Waals surface area contributed by atoms with Crippen molar-refractivity contribution >= 4 is 38.9 Å².